The zero-order valence-corrected chi connectivity index (χ0v) is 12.5. The highest BCUT2D eigenvalue weighted by atomic mass is 19.1. The largest absolute Gasteiger partial charge is 0.494 e. The van der Waals surface area contributed by atoms with Crippen molar-refractivity contribution in [2.75, 3.05) is 40.8 Å². The smallest absolute Gasteiger partial charge is 0.169 e. The lowest BCUT2D eigenvalue weighted by atomic mass is 9.97. The molecule has 1 saturated heterocycles. The van der Waals surface area contributed by atoms with Crippen molar-refractivity contribution in [2.24, 2.45) is 5.73 Å². The van der Waals surface area contributed by atoms with E-state index < -0.39 is 0 Å². The molecular formula is C15H24FN3O. The van der Waals surface area contributed by atoms with E-state index in [1.165, 1.54) is 7.11 Å². The average molecular weight is 281 g/mol. The molecule has 0 amide bonds. The van der Waals surface area contributed by atoms with E-state index >= 15 is 0 Å². The first-order valence-electron chi connectivity index (χ1n) is 6.99. The minimum absolute atomic E-state index is 0.257. The van der Waals surface area contributed by atoms with Crippen molar-refractivity contribution in [3.05, 3.63) is 29.6 Å². The van der Waals surface area contributed by atoms with Crippen molar-refractivity contribution in [1.82, 2.24) is 9.80 Å². The van der Waals surface area contributed by atoms with Crippen molar-refractivity contribution < 1.29 is 9.13 Å². The lowest BCUT2D eigenvalue weighted by Crippen LogP contribution is -2.50. The Hall–Kier alpha value is -1.17. The molecule has 1 aliphatic rings. The first-order valence-corrected chi connectivity index (χ1v) is 6.99. The minimum Gasteiger partial charge on any atom is -0.494 e. The molecule has 0 aliphatic carbocycles. The van der Waals surface area contributed by atoms with E-state index in [1.54, 1.807) is 18.2 Å². The lowest BCUT2D eigenvalue weighted by molar-refractivity contribution is 0.104. The molecule has 112 valence electrons. The summed E-state index contributed by atoms with van der Waals surface area (Å²) in [6.45, 7) is 3.06. The second-order valence-corrected chi connectivity index (χ2v) is 5.60. The summed E-state index contributed by atoms with van der Waals surface area (Å²) < 4.78 is 19.2. The van der Waals surface area contributed by atoms with Gasteiger partial charge in [0.2, 0.25) is 0 Å². The second-order valence-electron chi connectivity index (χ2n) is 5.60. The summed E-state index contributed by atoms with van der Waals surface area (Å²) in [5.74, 6) is -0.0821. The van der Waals surface area contributed by atoms with Crippen LogP contribution in [-0.2, 0) is 0 Å². The van der Waals surface area contributed by atoms with Gasteiger partial charge in [0.05, 0.1) is 7.11 Å². The standard InChI is InChI=1S/C15H24FN3O/c1-18-7-8-19(2)11(10-18)9-13(17)12-5-4-6-14(20-3)15(12)16/h4-6,11,13H,7-10,17H2,1-3H3. The van der Waals surface area contributed by atoms with Crippen molar-refractivity contribution in [3.8, 4) is 5.75 Å². The molecular weight excluding hydrogens is 257 g/mol. The van der Waals surface area contributed by atoms with Crippen LogP contribution in [0.3, 0.4) is 0 Å². The number of likely N-dealkylation sites (N-methyl/N-ethyl adjacent to an activating group) is 2. The highest BCUT2D eigenvalue weighted by Crippen LogP contribution is 2.27. The number of ether oxygens (including phenoxy) is 1. The van der Waals surface area contributed by atoms with Gasteiger partial charge < -0.3 is 20.3 Å². The summed E-state index contributed by atoms with van der Waals surface area (Å²) >= 11 is 0. The minimum atomic E-state index is -0.339. The van der Waals surface area contributed by atoms with E-state index in [2.05, 4.69) is 23.9 Å². The van der Waals surface area contributed by atoms with Crippen LogP contribution in [0, 0.1) is 5.82 Å². The molecule has 1 fully saturated rings. The van der Waals surface area contributed by atoms with E-state index in [-0.39, 0.29) is 17.6 Å². The normalized spacial score (nSPS) is 22.8. The molecule has 4 nitrogen and oxygen atoms in total. The van der Waals surface area contributed by atoms with Gasteiger partial charge in [0, 0.05) is 37.3 Å². The fraction of sp³-hybridized carbons (Fsp3) is 0.600. The van der Waals surface area contributed by atoms with Crippen molar-refractivity contribution in [2.45, 2.75) is 18.5 Å². The van der Waals surface area contributed by atoms with Gasteiger partial charge in [-0.2, -0.15) is 0 Å². The number of rotatable bonds is 4. The van der Waals surface area contributed by atoms with Crippen LogP contribution in [0.2, 0.25) is 0 Å². The Balaban J connectivity index is 2.09. The maximum absolute atomic E-state index is 14.2. The van der Waals surface area contributed by atoms with Gasteiger partial charge in [-0.3, -0.25) is 0 Å². The Bertz CT molecular complexity index is 455. The molecule has 2 atom stereocenters. The van der Waals surface area contributed by atoms with Crippen LogP contribution in [0.15, 0.2) is 18.2 Å². The fourth-order valence-electron chi connectivity index (χ4n) is 2.75. The molecule has 2 N–H and O–H groups in total. The van der Waals surface area contributed by atoms with Gasteiger partial charge in [-0.15, -0.1) is 0 Å². The molecule has 2 rings (SSSR count). The van der Waals surface area contributed by atoms with Crippen LogP contribution in [0.1, 0.15) is 18.0 Å². The molecule has 0 aromatic heterocycles. The summed E-state index contributed by atoms with van der Waals surface area (Å²) in [6, 6.07) is 5.19. The summed E-state index contributed by atoms with van der Waals surface area (Å²) in [7, 11) is 5.68. The van der Waals surface area contributed by atoms with Crippen molar-refractivity contribution in [1.29, 1.82) is 0 Å². The molecule has 0 spiro atoms. The maximum Gasteiger partial charge on any atom is 0.169 e. The number of halogens is 1. The Kier molecular flexibility index (Phi) is 4.96. The first-order chi connectivity index (χ1) is 9.52. The number of nitrogens with zero attached hydrogens (tertiary/aromatic N) is 2. The molecule has 1 heterocycles. The molecule has 1 aromatic rings. The molecule has 5 heteroatoms. The number of nitrogens with two attached hydrogens (primary N) is 1. The van der Waals surface area contributed by atoms with Gasteiger partial charge in [0.25, 0.3) is 0 Å². The predicted octanol–water partition coefficient (Wildman–Crippen LogP) is 1.47. The highest BCUT2D eigenvalue weighted by molar-refractivity contribution is 5.33. The van der Waals surface area contributed by atoms with Gasteiger partial charge in [0.1, 0.15) is 0 Å². The van der Waals surface area contributed by atoms with Crippen LogP contribution in [0.4, 0.5) is 4.39 Å². The second kappa shape index (κ2) is 6.52. The zero-order valence-electron chi connectivity index (χ0n) is 12.5. The molecule has 2 unspecified atom stereocenters. The summed E-state index contributed by atoms with van der Waals surface area (Å²) in [6.07, 6.45) is 0.741. The molecule has 1 aromatic carbocycles. The van der Waals surface area contributed by atoms with Crippen molar-refractivity contribution >= 4 is 0 Å². The van der Waals surface area contributed by atoms with E-state index in [9.17, 15) is 4.39 Å². The molecule has 0 saturated carbocycles. The van der Waals surface area contributed by atoms with E-state index in [4.69, 9.17) is 10.5 Å². The Morgan fingerprint density at radius 3 is 2.85 bits per heavy atom. The van der Waals surface area contributed by atoms with Crippen LogP contribution in [-0.4, -0.2) is 56.7 Å². The van der Waals surface area contributed by atoms with Crippen molar-refractivity contribution in [3.63, 3.8) is 0 Å². The summed E-state index contributed by atoms with van der Waals surface area (Å²) in [4.78, 5) is 4.59. The van der Waals surface area contributed by atoms with Gasteiger partial charge in [-0.1, -0.05) is 12.1 Å². The average Bonchev–Trinajstić information content (AvgIpc) is 2.43. The third-order valence-electron chi connectivity index (χ3n) is 4.12. The quantitative estimate of drug-likeness (QED) is 0.907. The van der Waals surface area contributed by atoms with Crippen LogP contribution in [0.5, 0.6) is 5.75 Å². The van der Waals surface area contributed by atoms with E-state index in [0.717, 1.165) is 26.1 Å². The number of methoxy groups -OCH3 is 1. The highest BCUT2D eigenvalue weighted by Gasteiger charge is 2.26. The summed E-state index contributed by atoms with van der Waals surface area (Å²) in [5.41, 5.74) is 6.75. The molecule has 20 heavy (non-hydrogen) atoms. The van der Waals surface area contributed by atoms with Gasteiger partial charge in [-0.25, -0.2) is 4.39 Å². The lowest BCUT2D eigenvalue weighted by Gasteiger charge is -2.38. The molecule has 0 bridgehead atoms. The topological polar surface area (TPSA) is 41.7 Å². The van der Waals surface area contributed by atoms with E-state index in [1.807, 2.05) is 0 Å². The SMILES string of the molecule is COc1cccc(C(N)CC2CN(C)CCN2C)c1F. The Morgan fingerprint density at radius 1 is 1.40 bits per heavy atom. The third kappa shape index (κ3) is 3.29. The number of benzene rings is 1. The Morgan fingerprint density at radius 2 is 2.15 bits per heavy atom. The van der Waals surface area contributed by atoms with Crippen LogP contribution < -0.4 is 10.5 Å². The molecule has 0 radical (unpaired) electrons. The number of hydrogen-bond acceptors (Lipinski definition) is 4. The van der Waals surface area contributed by atoms with Gasteiger partial charge in [-0.05, 0) is 26.6 Å². The maximum atomic E-state index is 14.2. The zero-order chi connectivity index (χ0) is 14.7. The van der Waals surface area contributed by atoms with Crippen LogP contribution >= 0.6 is 0 Å². The molecule has 1 aliphatic heterocycles. The fourth-order valence-corrected chi connectivity index (χ4v) is 2.75. The Labute approximate surface area is 120 Å². The third-order valence-corrected chi connectivity index (χ3v) is 4.12. The number of hydrogen-bond donors (Lipinski definition) is 1. The predicted molar refractivity (Wildman–Crippen MR) is 78.4 cm³/mol. The van der Waals surface area contributed by atoms with Gasteiger partial charge >= 0.3 is 0 Å². The van der Waals surface area contributed by atoms with Gasteiger partial charge in [0.15, 0.2) is 11.6 Å². The van der Waals surface area contributed by atoms with E-state index in [0.29, 0.717) is 11.6 Å². The monoisotopic (exact) mass is 281 g/mol. The van der Waals surface area contributed by atoms with Crippen LogP contribution in [0.25, 0.3) is 0 Å². The number of piperazine rings is 1. The summed E-state index contributed by atoms with van der Waals surface area (Å²) in [5, 5.41) is 0. The first kappa shape index (κ1) is 15.2.